The van der Waals surface area contributed by atoms with Gasteiger partial charge in [0.1, 0.15) is 22.7 Å². The topological polar surface area (TPSA) is 120 Å². The van der Waals surface area contributed by atoms with E-state index in [4.69, 9.17) is 4.42 Å². The first-order valence-electron chi connectivity index (χ1n) is 11.0. The molecular weight excluding hydrogens is 444 g/mol. The summed E-state index contributed by atoms with van der Waals surface area (Å²) in [7, 11) is 0. The summed E-state index contributed by atoms with van der Waals surface area (Å²) in [4.78, 5) is 26.1. The van der Waals surface area contributed by atoms with Gasteiger partial charge >= 0.3 is 0 Å². The molecule has 0 aliphatic rings. The fourth-order valence-electron chi connectivity index (χ4n) is 3.80. The van der Waals surface area contributed by atoms with E-state index in [2.05, 4.69) is 20.8 Å². The van der Waals surface area contributed by atoms with Gasteiger partial charge in [-0.25, -0.2) is 0 Å². The van der Waals surface area contributed by atoms with Crippen LogP contribution in [0.2, 0.25) is 0 Å². The van der Waals surface area contributed by atoms with Gasteiger partial charge in [0, 0.05) is 16.6 Å². The Balaban J connectivity index is 1.46. The Morgan fingerprint density at radius 1 is 0.914 bits per heavy atom. The van der Waals surface area contributed by atoms with Gasteiger partial charge in [-0.3, -0.25) is 14.7 Å². The molecule has 0 aliphatic carbocycles. The van der Waals surface area contributed by atoms with Crippen molar-refractivity contribution in [2.45, 2.75) is 13.8 Å². The lowest BCUT2D eigenvalue weighted by Gasteiger charge is -2.07. The number of nitrogens with one attached hydrogen (secondary N) is 3. The lowest BCUT2D eigenvalue weighted by molar-refractivity contribution is 0.0999. The summed E-state index contributed by atoms with van der Waals surface area (Å²) in [6.07, 6.45) is 0. The SMILES string of the molecule is Cc1ccc(-c2cc(C(=O)Nc3c(C(=O)Nc4ccccc4)oc4ccccc34)[nH]n2)c(O)c1C. The van der Waals surface area contributed by atoms with Crippen molar-refractivity contribution >= 4 is 34.2 Å². The second-order valence-corrected chi connectivity index (χ2v) is 8.15. The second kappa shape index (κ2) is 8.83. The largest absolute Gasteiger partial charge is 0.507 e. The van der Waals surface area contributed by atoms with Crippen molar-refractivity contribution in [2.75, 3.05) is 10.6 Å². The van der Waals surface area contributed by atoms with Crippen molar-refractivity contribution in [3.05, 3.63) is 95.4 Å². The first kappa shape index (κ1) is 22.0. The number of para-hydroxylation sites is 2. The normalized spacial score (nSPS) is 10.9. The van der Waals surface area contributed by atoms with Gasteiger partial charge in [0.25, 0.3) is 11.8 Å². The third-order valence-corrected chi connectivity index (χ3v) is 5.87. The molecule has 174 valence electrons. The van der Waals surface area contributed by atoms with Crippen molar-refractivity contribution in [2.24, 2.45) is 0 Å². The van der Waals surface area contributed by atoms with Gasteiger partial charge in [0.05, 0.1) is 5.69 Å². The number of aryl methyl sites for hydroxylation is 1. The van der Waals surface area contributed by atoms with E-state index in [0.29, 0.717) is 27.9 Å². The molecule has 2 heterocycles. The number of benzene rings is 3. The average Bonchev–Trinajstić information content (AvgIpc) is 3.49. The molecule has 4 N–H and O–H groups in total. The first-order chi connectivity index (χ1) is 16.9. The average molecular weight is 466 g/mol. The predicted octanol–water partition coefficient (Wildman–Crippen LogP) is 5.65. The molecule has 5 aromatic rings. The Labute approximate surface area is 200 Å². The molecule has 0 saturated carbocycles. The molecule has 0 atom stereocenters. The monoisotopic (exact) mass is 466 g/mol. The minimum atomic E-state index is -0.507. The first-order valence-corrected chi connectivity index (χ1v) is 11.0. The van der Waals surface area contributed by atoms with Gasteiger partial charge in [0.15, 0.2) is 0 Å². The zero-order chi connectivity index (χ0) is 24.5. The number of carbonyl (C=O) groups is 2. The molecule has 2 aromatic heterocycles. The van der Waals surface area contributed by atoms with E-state index in [9.17, 15) is 14.7 Å². The van der Waals surface area contributed by atoms with Crippen LogP contribution in [0.1, 0.15) is 32.2 Å². The van der Waals surface area contributed by atoms with Crippen LogP contribution in [-0.2, 0) is 0 Å². The van der Waals surface area contributed by atoms with Crippen LogP contribution in [0.5, 0.6) is 5.75 Å². The minimum absolute atomic E-state index is 0.0186. The summed E-state index contributed by atoms with van der Waals surface area (Å²) < 4.78 is 5.80. The number of carbonyl (C=O) groups excluding carboxylic acids is 2. The molecule has 0 unspecified atom stereocenters. The maximum absolute atomic E-state index is 13.1. The quantitative estimate of drug-likeness (QED) is 0.267. The Kier molecular flexibility index (Phi) is 5.54. The molecule has 0 saturated heterocycles. The molecule has 8 nitrogen and oxygen atoms in total. The van der Waals surface area contributed by atoms with Crippen LogP contribution in [0.3, 0.4) is 0 Å². The minimum Gasteiger partial charge on any atom is -0.507 e. The third-order valence-electron chi connectivity index (χ3n) is 5.87. The Hall–Kier alpha value is -4.85. The highest BCUT2D eigenvalue weighted by Gasteiger charge is 2.24. The summed E-state index contributed by atoms with van der Waals surface area (Å²) in [6, 6.07) is 21.2. The zero-order valence-electron chi connectivity index (χ0n) is 19.0. The van der Waals surface area contributed by atoms with Crippen molar-refractivity contribution in [3.8, 4) is 17.0 Å². The molecule has 5 rings (SSSR count). The van der Waals surface area contributed by atoms with E-state index in [1.54, 1.807) is 60.7 Å². The van der Waals surface area contributed by atoms with Crippen molar-refractivity contribution in [3.63, 3.8) is 0 Å². The summed E-state index contributed by atoms with van der Waals surface area (Å²) in [5.41, 5.74) is 4.12. The summed E-state index contributed by atoms with van der Waals surface area (Å²) >= 11 is 0. The van der Waals surface area contributed by atoms with Crippen LogP contribution in [0.25, 0.3) is 22.2 Å². The van der Waals surface area contributed by atoms with Crippen LogP contribution >= 0.6 is 0 Å². The molecule has 0 fully saturated rings. The highest BCUT2D eigenvalue weighted by Crippen LogP contribution is 2.34. The molecule has 2 amide bonds. The third kappa shape index (κ3) is 4.13. The van der Waals surface area contributed by atoms with Gasteiger partial charge in [-0.1, -0.05) is 36.4 Å². The summed E-state index contributed by atoms with van der Waals surface area (Å²) in [6.45, 7) is 3.73. The number of rotatable bonds is 5. The number of phenolic OH excluding ortho intramolecular Hbond substituents is 1. The number of nitrogens with zero attached hydrogens (tertiary/aromatic N) is 1. The van der Waals surface area contributed by atoms with Crippen LogP contribution in [-0.4, -0.2) is 27.1 Å². The van der Waals surface area contributed by atoms with Crippen molar-refractivity contribution in [1.29, 1.82) is 0 Å². The van der Waals surface area contributed by atoms with Gasteiger partial charge in [-0.05, 0) is 61.4 Å². The van der Waals surface area contributed by atoms with Gasteiger partial charge < -0.3 is 20.2 Å². The predicted molar refractivity (Wildman–Crippen MR) is 134 cm³/mol. The van der Waals surface area contributed by atoms with Crippen LogP contribution in [0, 0.1) is 13.8 Å². The van der Waals surface area contributed by atoms with E-state index in [-0.39, 0.29) is 22.9 Å². The zero-order valence-corrected chi connectivity index (χ0v) is 19.0. The Bertz CT molecular complexity index is 1570. The van der Waals surface area contributed by atoms with E-state index in [1.807, 2.05) is 26.0 Å². The molecule has 0 bridgehead atoms. The summed E-state index contributed by atoms with van der Waals surface area (Å²) in [5.74, 6) is -0.903. The number of aromatic hydroxyl groups is 1. The van der Waals surface area contributed by atoms with E-state index in [0.717, 1.165) is 11.1 Å². The molecule has 0 spiro atoms. The number of aromatic nitrogens is 2. The lowest BCUT2D eigenvalue weighted by Crippen LogP contribution is -2.17. The van der Waals surface area contributed by atoms with Crippen molar-refractivity contribution in [1.82, 2.24) is 10.2 Å². The number of anilines is 2. The number of hydrogen-bond donors (Lipinski definition) is 4. The van der Waals surface area contributed by atoms with Gasteiger partial charge in [-0.2, -0.15) is 5.10 Å². The fourth-order valence-corrected chi connectivity index (χ4v) is 3.80. The van der Waals surface area contributed by atoms with Crippen LogP contribution < -0.4 is 10.6 Å². The van der Waals surface area contributed by atoms with Gasteiger partial charge in [0.2, 0.25) is 5.76 Å². The number of amides is 2. The maximum atomic E-state index is 13.1. The molecule has 8 heteroatoms. The van der Waals surface area contributed by atoms with Gasteiger partial charge in [-0.15, -0.1) is 0 Å². The second-order valence-electron chi connectivity index (χ2n) is 8.15. The van der Waals surface area contributed by atoms with Crippen LogP contribution in [0.4, 0.5) is 11.4 Å². The highest BCUT2D eigenvalue weighted by molar-refractivity contribution is 6.16. The standard InChI is InChI=1S/C27H22N4O4/c1-15-12-13-18(24(32)16(15)2)20-14-21(31-30-20)26(33)29-23-19-10-6-7-11-22(19)35-25(23)27(34)28-17-8-4-3-5-9-17/h3-14,32H,1-2H3,(H,28,34)(H,29,33)(H,30,31). The summed E-state index contributed by atoms with van der Waals surface area (Å²) in [5, 5.41) is 23.6. The highest BCUT2D eigenvalue weighted by atomic mass is 16.3. The maximum Gasteiger partial charge on any atom is 0.293 e. The van der Waals surface area contributed by atoms with E-state index in [1.165, 1.54) is 0 Å². The molecular formula is C27H22N4O4. The Morgan fingerprint density at radius 3 is 2.46 bits per heavy atom. The number of aromatic amines is 1. The Morgan fingerprint density at radius 2 is 1.66 bits per heavy atom. The number of H-pyrrole nitrogens is 1. The lowest BCUT2D eigenvalue weighted by atomic mass is 10.0. The van der Waals surface area contributed by atoms with E-state index < -0.39 is 11.8 Å². The molecule has 0 aliphatic heterocycles. The number of furan rings is 1. The number of phenols is 1. The fraction of sp³-hybridized carbons (Fsp3) is 0.0741. The number of fused-ring (bicyclic) bond motifs is 1. The van der Waals surface area contributed by atoms with Crippen LogP contribution in [0.15, 0.2) is 77.2 Å². The molecule has 3 aromatic carbocycles. The smallest absolute Gasteiger partial charge is 0.293 e. The molecule has 0 radical (unpaired) electrons. The van der Waals surface area contributed by atoms with Crippen molar-refractivity contribution < 1.29 is 19.1 Å². The van der Waals surface area contributed by atoms with E-state index >= 15 is 0 Å². The molecule has 35 heavy (non-hydrogen) atoms. The number of hydrogen-bond acceptors (Lipinski definition) is 5.